The Kier molecular flexibility index (Phi) is 4.31. The third-order valence-electron chi connectivity index (χ3n) is 2.45. The first-order valence-electron chi connectivity index (χ1n) is 4.97. The molecule has 1 atom stereocenters. The van der Waals surface area contributed by atoms with Crippen molar-refractivity contribution in [2.45, 2.75) is 25.9 Å². The molecule has 1 rings (SSSR count). The Labute approximate surface area is 89.7 Å². The number of ether oxygens (including phenoxy) is 1. The highest BCUT2D eigenvalue weighted by Crippen LogP contribution is 2.21. The van der Waals surface area contributed by atoms with E-state index in [1.807, 2.05) is 31.2 Å². The highest BCUT2D eigenvalue weighted by atomic mass is 16.5. The zero-order chi connectivity index (χ0) is 11.3. The monoisotopic (exact) mass is 208 g/mol. The fourth-order valence-corrected chi connectivity index (χ4v) is 1.53. The molecule has 1 N–H and O–H groups in total. The van der Waals surface area contributed by atoms with Crippen molar-refractivity contribution in [3.8, 4) is 0 Å². The molecule has 0 spiro atoms. The van der Waals surface area contributed by atoms with Crippen LogP contribution in [0.15, 0.2) is 24.3 Å². The van der Waals surface area contributed by atoms with Crippen LogP contribution in [0.2, 0.25) is 0 Å². The molecule has 0 radical (unpaired) electrons. The highest BCUT2D eigenvalue weighted by Gasteiger charge is 2.09. The number of carboxylic acid groups (broad SMARTS) is 1. The predicted octanol–water partition coefficient (Wildman–Crippen LogP) is 2.41. The van der Waals surface area contributed by atoms with Gasteiger partial charge < -0.3 is 9.84 Å². The van der Waals surface area contributed by atoms with Gasteiger partial charge in [0.2, 0.25) is 0 Å². The smallest absolute Gasteiger partial charge is 0.303 e. The first-order valence-corrected chi connectivity index (χ1v) is 4.97. The highest BCUT2D eigenvalue weighted by molar-refractivity contribution is 5.67. The molecule has 0 heterocycles. The molecule has 1 unspecified atom stereocenters. The van der Waals surface area contributed by atoms with E-state index in [0.717, 1.165) is 11.1 Å². The minimum Gasteiger partial charge on any atom is -0.481 e. The van der Waals surface area contributed by atoms with Crippen LogP contribution in [0.4, 0.5) is 0 Å². The predicted molar refractivity (Wildman–Crippen MR) is 57.8 cm³/mol. The summed E-state index contributed by atoms with van der Waals surface area (Å²) in [5.74, 6) is -0.769. The molecule has 3 heteroatoms. The molecule has 3 nitrogen and oxygen atoms in total. The lowest BCUT2D eigenvalue weighted by Gasteiger charge is -2.14. The van der Waals surface area contributed by atoms with Crippen LogP contribution in [0.5, 0.6) is 0 Å². The van der Waals surface area contributed by atoms with E-state index in [0.29, 0.717) is 6.42 Å². The van der Waals surface area contributed by atoms with Gasteiger partial charge in [0, 0.05) is 13.5 Å². The summed E-state index contributed by atoms with van der Waals surface area (Å²) in [5.41, 5.74) is 2.12. The Morgan fingerprint density at radius 2 is 2.13 bits per heavy atom. The van der Waals surface area contributed by atoms with E-state index in [2.05, 4.69) is 0 Å². The summed E-state index contributed by atoms with van der Waals surface area (Å²) in [5, 5.41) is 8.63. The van der Waals surface area contributed by atoms with Crippen LogP contribution in [0, 0.1) is 0 Å². The molecule has 0 bridgehead atoms. The molecule has 0 aliphatic heterocycles. The van der Waals surface area contributed by atoms with Crippen LogP contribution < -0.4 is 0 Å². The topological polar surface area (TPSA) is 46.5 Å². The summed E-state index contributed by atoms with van der Waals surface area (Å²) in [6.07, 6.45) is 0.724. The van der Waals surface area contributed by atoms with Crippen LogP contribution in [0.1, 0.15) is 30.6 Å². The van der Waals surface area contributed by atoms with E-state index in [9.17, 15) is 4.79 Å². The van der Waals surface area contributed by atoms with Crippen molar-refractivity contribution in [2.24, 2.45) is 0 Å². The molecule has 1 aromatic rings. The third-order valence-corrected chi connectivity index (χ3v) is 2.45. The maximum Gasteiger partial charge on any atom is 0.303 e. The van der Waals surface area contributed by atoms with Crippen molar-refractivity contribution in [1.82, 2.24) is 0 Å². The molecule has 0 saturated heterocycles. The van der Waals surface area contributed by atoms with Gasteiger partial charge in [0.15, 0.2) is 0 Å². The number of hydrogen-bond donors (Lipinski definition) is 1. The Morgan fingerprint density at radius 1 is 1.47 bits per heavy atom. The molecular formula is C12H16O3. The third kappa shape index (κ3) is 3.36. The van der Waals surface area contributed by atoms with Gasteiger partial charge in [-0.05, 0) is 24.5 Å². The van der Waals surface area contributed by atoms with Crippen molar-refractivity contribution < 1.29 is 14.6 Å². The molecule has 0 amide bonds. The Morgan fingerprint density at radius 3 is 2.73 bits per heavy atom. The summed E-state index contributed by atoms with van der Waals surface area (Å²) in [7, 11) is 1.65. The fourth-order valence-electron chi connectivity index (χ4n) is 1.53. The molecule has 0 aromatic heterocycles. The average molecular weight is 208 g/mol. The quantitative estimate of drug-likeness (QED) is 0.808. The number of carboxylic acids is 1. The Hall–Kier alpha value is -1.35. The van der Waals surface area contributed by atoms with E-state index in [-0.39, 0.29) is 12.5 Å². The molecule has 0 fully saturated rings. The Balaban J connectivity index is 2.81. The normalized spacial score (nSPS) is 12.4. The van der Waals surface area contributed by atoms with Gasteiger partial charge in [-0.1, -0.05) is 24.3 Å². The lowest BCUT2D eigenvalue weighted by molar-refractivity contribution is -0.136. The number of rotatable bonds is 5. The number of hydrogen-bond acceptors (Lipinski definition) is 2. The van der Waals surface area contributed by atoms with Gasteiger partial charge in [0.05, 0.1) is 6.10 Å². The number of carbonyl (C=O) groups is 1. The second kappa shape index (κ2) is 5.51. The summed E-state index contributed by atoms with van der Waals surface area (Å²) >= 11 is 0. The Bertz CT molecular complexity index is 333. The van der Waals surface area contributed by atoms with Crippen molar-refractivity contribution in [2.75, 3.05) is 7.11 Å². The van der Waals surface area contributed by atoms with Crippen LogP contribution in [-0.2, 0) is 16.0 Å². The lowest BCUT2D eigenvalue weighted by Crippen LogP contribution is -2.04. The number of benzene rings is 1. The van der Waals surface area contributed by atoms with Crippen LogP contribution in [-0.4, -0.2) is 18.2 Å². The standard InChI is InChI=1S/C12H16O3/c1-9(15-2)11-6-4-3-5-10(11)7-8-12(13)14/h3-6,9H,7-8H2,1-2H3,(H,13,14). The van der Waals surface area contributed by atoms with Gasteiger partial charge in [-0.25, -0.2) is 0 Å². The second-order valence-electron chi connectivity index (χ2n) is 3.47. The lowest BCUT2D eigenvalue weighted by atomic mass is 9.99. The van der Waals surface area contributed by atoms with Crippen LogP contribution >= 0.6 is 0 Å². The number of methoxy groups -OCH3 is 1. The summed E-state index contributed by atoms with van der Waals surface area (Å²) < 4.78 is 5.24. The van der Waals surface area contributed by atoms with Gasteiger partial charge in [0.25, 0.3) is 0 Å². The van der Waals surface area contributed by atoms with E-state index in [4.69, 9.17) is 9.84 Å². The molecular weight excluding hydrogens is 192 g/mol. The first-order chi connectivity index (χ1) is 7.15. The molecule has 0 aliphatic rings. The van der Waals surface area contributed by atoms with Gasteiger partial charge in [-0.3, -0.25) is 4.79 Å². The van der Waals surface area contributed by atoms with Crippen molar-refractivity contribution in [3.05, 3.63) is 35.4 Å². The maximum absolute atomic E-state index is 10.5. The van der Waals surface area contributed by atoms with Gasteiger partial charge in [-0.2, -0.15) is 0 Å². The molecule has 0 saturated carbocycles. The van der Waals surface area contributed by atoms with Crippen LogP contribution in [0.25, 0.3) is 0 Å². The minimum atomic E-state index is -0.769. The van der Waals surface area contributed by atoms with Crippen molar-refractivity contribution >= 4 is 5.97 Å². The fraction of sp³-hybridized carbons (Fsp3) is 0.417. The maximum atomic E-state index is 10.5. The van der Waals surface area contributed by atoms with E-state index < -0.39 is 5.97 Å². The summed E-state index contributed by atoms with van der Waals surface area (Å²) in [6.45, 7) is 1.96. The van der Waals surface area contributed by atoms with Crippen molar-refractivity contribution in [3.63, 3.8) is 0 Å². The SMILES string of the molecule is COC(C)c1ccccc1CCC(=O)O. The molecule has 1 aromatic carbocycles. The minimum absolute atomic E-state index is 0.00925. The molecule has 15 heavy (non-hydrogen) atoms. The largest absolute Gasteiger partial charge is 0.481 e. The van der Waals surface area contributed by atoms with Gasteiger partial charge >= 0.3 is 5.97 Å². The molecule has 0 aliphatic carbocycles. The second-order valence-corrected chi connectivity index (χ2v) is 3.47. The van der Waals surface area contributed by atoms with E-state index in [1.54, 1.807) is 7.11 Å². The number of aliphatic carboxylic acids is 1. The summed E-state index contributed by atoms with van der Waals surface area (Å²) in [6, 6.07) is 7.79. The van der Waals surface area contributed by atoms with E-state index >= 15 is 0 Å². The van der Waals surface area contributed by atoms with Crippen LogP contribution in [0.3, 0.4) is 0 Å². The van der Waals surface area contributed by atoms with Crippen molar-refractivity contribution in [1.29, 1.82) is 0 Å². The van der Waals surface area contributed by atoms with E-state index in [1.165, 1.54) is 0 Å². The number of aryl methyl sites for hydroxylation is 1. The van der Waals surface area contributed by atoms with Gasteiger partial charge in [0.1, 0.15) is 0 Å². The summed E-state index contributed by atoms with van der Waals surface area (Å²) in [4.78, 5) is 10.5. The van der Waals surface area contributed by atoms with Gasteiger partial charge in [-0.15, -0.1) is 0 Å². The zero-order valence-electron chi connectivity index (χ0n) is 9.06. The molecule has 82 valence electrons. The average Bonchev–Trinajstić information content (AvgIpc) is 2.25. The first kappa shape index (κ1) is 11.7. The zero-order valence-corrected chi connectivity index (χ0v) is 9.06.